The molecule has 0 aromatic heterocycles. The third-order valence-corrected chi connectivity index (χ3v) is 6.36. The van der Waals surface area contributed by atoms with Gasteiger partial charge in [0.15, 0.2) is 23.0 Å². The Hall–Kier alpha value is -2.84. The predicted octanol–water partition coefficient (Wildman–Crippen LogP) is 3.30. The Morgan fingerprint density at radius 3 is 2.45 bits per heavy atom. The van der Waals surface area contributed by atoms with E-state index in [1.165, 1.54) is 21.3 Å². The Kier molecular flexibility index (Phi) is 5.53. The number of fused-ring (bicyclic) bond motifs is 2. The fraction of sp³-hybridized carbons (Fsp3) is 0.409. The first-order valence-electron chi connectivity index (χ1n) is 9.75. The first-order chi connectivity index (χ1) is 14.9. The summed E-state index contributed by atoms with van der Waals surface area (Å²) in [5.74, 6) is -0.278. The van der Waals surface area contributed by atoms with E-state index in [1.54, 1.807) is 12.1 Å². The molecular formula is C22H24ClNO7. The molecule has 0 saturated carbocycles. The standard InChI is InChI=1S/C22H24ClNO7/c1-24-8-7-10-12(9-23)17(25)18(26)21(30-4)14(10)16(24)19-11-5-6-13(28-2)20(29-3)15(11)22(27)31-19/h5-6,16,19,25-26H,7-9H2,1-4H3. The number of esters is 1. The summed E-state index contributed by atoms with van der Waals surface area (Å²) in [6, 6.07) is 3.03. The Morgan fingerprint density at radius 1 is 1.13 bits per heavy atom. The number of rotatable bonds is 5. The third kappa shape index (κ3) is 3.04. The van der Waals surface area contributed by atoms with Crippen molar-refractivity contribution in [2.24, 2.45) is 0 Å². The van der Waals surface area contributed by atoms with Crippen LogP contribution >= 0.6 is 11.6 Å². The number of methoxy groups -OCH3 is 3. The van der Waals surface area contributed by atoms with E-state index in [0.717, 1.165) is 5.56 Å². The zero-order valence-electron chi connectivity index (χ0n) is 17.7. The minimum absolute atomic E-state index is 0.0220. The van der Waals surface area contributed by atoms with Crippen molar-refractivity contribution < 1.29 is 34.0 Å². The maximum absolute atomic E-state index is 12.9. The van der Waals surface area contributed by atoms with Gasteiger partial charge in [-0.2, -0.15) is 0 Å². The highest BCUT2D eigenvalue weighted by Gasteiger charge is 2.46. The van der Waals surface area contributed by atoms with Crippen LogP contribution in [-0.2, 0) is 17.0 Å². The number of alkyl halides is 1. The summed E-state index contributed by atoms with van der Waals surface area (Å²) in [4.78, 5) is 14.9. The fourth-order valence-electron chi connectivity index (χ4n) is 4.66. The van der Waals surface area contributed by atoms with Crippen LogP contribution in [-0.4, -0.2) is 56.0 Å². The summed E-state index contributed by atoms with van der Waals surface area (Å²) in [5, 5.41) is 21.1. The van der Waals surface area contributed by atoms with Crippen molar-refractivity contribution in [1.82, 2.24) is 4.90 Å². The number of nitrogens with zero attached hydrogens (tertiary/aromatic N) is 1. The van der Waals surface area contributed by atoms with Crippen LogP contribution in [0.5, 0.6) is 28.7 Å². The second-order valence-electron chi connectivity index (χ2n) is 7.50. The van der Waals surface area contributed by atoms with Crippen LogP contribution in [0.15, 0.2) is 12.1 Å². The summed E-state index contributed by atoms with van der Waals surface area (Å²) in [5.41, 5.74) is 2.84. The van der Waals surface area contributed by atoms with Gasteiger partial charge in [0.25, 0.3) is 0 Å². The van der Waals surface area contributed by atoms with Crippen LogP contribution in [0.2, 0.25) is 0 Å². The Labute approximate surface area is 184 Å². The van der Waals surface area contributed by atoms with E-state index in [-0.39, 0.29) is 23.1 Å². The van der Waals surface area contributed by atoms with Gasteiger partial charge in [-0.05, 0) is 25.1 Å². The molecule has 0 aliphatic carbocycles. The van der Waals surface area contributed by atoms with Gasteiger partial charge in [-0.3, -0.25) is 4.90 Å². The smallest absolute Gasteiger partial charge is 0.343 e. The van der Waals surface area contributed by atoms with Crippen molar-refractivity contribution in [1.29, 1.82) is 0 Å². The molecule has 31 heavy (non-hydrogen) atoms. The maximum Gasteiger partial charge on any atom is 0.343 e. The second-order valence-corrected chi connectivity index (χ2v) is 7.77. The number of likely N-dealkylation sites (N-methyl/N-ethyl adjacent to an activating group) is 1. The molecule has 2 aromatic carbocycles. The molecule has 0 saturated heterocycles. The van der Waals surface area contributed by atoms with Crippen molar-refractivity contribution >= 4 is 17.6 Å². The monoisotopic (exact) mass is 449 g/mol. The van der Waals surface area contributed by atoms with Gasteiger partial charge in [0.05, 0.1) is 33.3 Å². The van der Waals surface area contributed by atoms with Gasteiger partial charge < -0.3 is 29.2 Å². The van der Waals surface area contributed by atoms with Crippen LogP contribution in [0.3, 0.4) is 0 Å². The predicted molar refractivity (Wildman–Crippen MR) is 113 cm³/mol. The number of aromatic hydroxyl groups is 2. The molecule has 9 heteroatoms. The minimum atomic E-state index is -0.688. The molecule has 0 radical (unpaired) electrons. The number of hydrogen-bond donors (Lipinski definition) is 2. The molecule has 0 bridgehead atoms. The number of cyclic esters (lactones) is 1. The van der Waals surface area contributed by atoms with Gasteiger partial charge >= 0.3 is 5.97 Å². The number of benzene rings is 2. The summed E-state index contributed by atoms with van der Waals surface area (Å²) in [6.07, 6.45) is -0.0963. The molecule has 166 valence electrons. The lowest BCUT2D eigenvalue weighted by molar-refractivity contribution is 0.00864. The Morgan fingerprint density at radius 2 is 1.84 bits per heavy atom. The topological polar surface area (TPSA) is 97.7 Å². The zero-order valence-corrected chi connectivity index (χ0v) is 18.4. The number of phenolic OH excluding ortho intramolecular Hbond substituents is 2. The van der Waals surface area contributed by atoms with Gasteiger partial charge in [-0.15, -0.1) is 11.6 Å². The maximum atomic E-state index is 12.9. The number of phenols is 2. The fourth-order valence-corrected chi connectivity index (χ4v) is 4.95. The van der Waals surface area contributed by atoms with Crippen LogP contribution in [0.25, 0.3) is 0 Å². The van der Waals surface area contributed by atoms with Crippen molar-refractivity contribution in [2.45, 2.75) is 24.4 Å². The molecule has 2 aromatic rings. The molecule has 2 unspecified atom stereocenters. The molecule has 0 amide bonds. The van der Waals surface area contributed by atoms with E-state index in [4.69, 9.17) is 30.5 Å². The van der Waals surface area contributed by atoms with Crippen molar-refractivity contribution in [3.05, 3.63) is 39.9 Å². The highest BCUT2D eigenvalue weighted by molar-refractivity contribution is 6.17. The lowest BCUT2D eigenvalue weighted by Crippen LogP contribution is -2.36. The first kappa shape index (κ1) is 21.4. The summed E-state index contributed by atoms with van der Waals surface area (Å²) in [7, 11) is 6.30. The highest BCUT2D eigenvalue weighted by atomic mass is 35.5. The summed E-state index contributed by atoms with van der Waals surface area (Å²) >= 11 is 6.12. The van der Waals surface area contributed by atoms with Crippen molar-refractivity contribution in [3.8, 4) is 28.7 Å². The van der Waals surface area contributed by atoms with E-state index in [1.807, 2.05) is 11.9 Å². The lowest BCUT2D eigenvalue weighted by atomic mass is 9.83. The van der Waals surface area contributed by atoms with Crippen molar-refractivity contribution in [3.63, 3.8) is 0 Å². The molecule has 0 spiro atoms. The minimum Gasteiger partial charge on any atom is -0.504 e. The molecule has 2 heterocycles. The van der Waals surface area contributed by atoms with Crippen LogP contribution in [0, 0.1) is 0 Å². The van der Waals surface area contributed by atoms with E-state index in [9.17, 15) is 15.0 Å². The lowest BCUT2D eigenvalue weighted by Gasteiger charge is -2.39. The first-order valence-corrected chi connectivity index (χ1v) is 10.3. The SMILES string of the molecule is COc1ccc2c(c1OC)C(=O)OC2C1c2c(c(CCl)c(O)c(O)c2OC)CCN1C. The van der Waals surface area contributed by atoms with Gasteiger partial charge in [-0.25, -0.2) is 4.79 Å². The number of ether oxygens (including phenoxy) is 4. The normalized spacial score (nSPS) is 20.1. The summed E-state index contributed by atoms with van der Waals surface area (Å²) in [6.45, 7) is 0.631. The molecule has 2 aliphatic rings. The molecule has 2 atom stereocenters. The van der Waals surface area contributed by atoms with E-state index in [2.05, 4.69) is 0 Å². The molecule has 2 aliphatic heterocycles. The van der Waals surface area contributed by atoms with Crippen LogP contribution in [0.4, 0.5) is 0 Å². The van der Waals surface area contributed by atoms with Gasteiger partial charge in [0, 0.05) is 23.2 Å². The number of carbonyl (C=O) groups excluding carboxylic acids is 1. The molecule has 4 rings (SSSR count). The molecular weight excluding hydrogens is 426 g/mol. The number of hydrogen-bond acceptors (Lipinski definition) is 8. The van der Waals surface area contributed by atoms with E-state index in [0.29, 0.717) is 46.7 Å². The number of halogens is 1. The molecule has 2 N–H and O–H groups in total. The Balaban J connectivity index is 1.95. The number of carbonyl (C=O) groups is 1. The van der Waals surface area contributed by atoms with E-state index < -0.39 is 18.1 Å². The van der Waals surface area contributed by atoms with Gasteiger partial charge in [0.2, 0.25) is 5.75 Å². The van der Waals surface area contributed by atoms with Gasteiger partial charge in [0.1, 0.15) is 11.7 Å². The van der Waals surface area contributed by atoms with Crippen LogP contribution in [0.1, 0.15) is 44.8 Å². The molecule has 0 fully saturated rings. The van der Waals surface area contributed by atoms with Gasteiger partial charge in [-0.1, -0.05) is 6.07 Å². The Bertz CT molecular complexity index is 1060. The van der Waals surface area contributed by atoms with Crippen molar-refractivity contribution in [2.75, 3.05) is 34.9 Å². The average Bonchev–Trinajstić information content (AvgIpc) is 3.10. The van der Waals surface area contributed by atoms with E-state index >= 15 is 0 Å². The zero-order chi connectivity index (χ0) is 22.4. The molecule has 8 nitrogen and oxygen atoms in total. The largest absolute Gasteiger partial charge is 0.504 e. The van der Waals surface area contributed by atoms with Crippen LogP contribution < -0.4 is 14.2 Å². The second kappa shape index (κ2) is 8.01. The highest BCUT2D eigenvalue weighted by Crippen LogP contribution is 2.55. The summed E-state index contributed by atoms with van der Waals surface area (Å²) < 4.78 is 22.1. The third-order valence-electron chi connectivity index (χ3n) is 6.09. The quantitative estimate of drug-likeness (QED) is 0.407. The average molecular weight is 450 g/mol.